The third-order valence-electron chi connectivity index (χ3n) is 4.39. The fraction of sp³-hybridized carbons (Fsp3) is 0.474. The van der Waals surface area contributed by atoms with Crippen molar-refractivity contribution in [2.45, 2.75) is 43.8 Å². The lowest BCUT2D eigenvalue weighted by Gasteiger charge is -2.16. The van der Waals surface area contributed by atoms with Crippen LogP contribution in [0.4, 0.5) is 0 Å². The summed E-state index contributed by atoms with van der Waals surface area (Å²) < 4.78 is 6.98. The highest BCUT2D eigenvalue weighted by Crippen LogP contribution is 2.22. The number of methoxy groups -OCH3 is 1. The number of thioether (sulfide) groups is 1. The number of hydrogen-bond acceptors (Lipinski definition) is 4. The summed E-state index contributed by atoms with van der Waals surface area (Å²) in [5.74, 6) is 0.796. The van der Waals surface area contributed by atoms with Crippen molar-refractivity contribution in [2.75, 3.05) is 19.5 Å². The van der Waals surface area contributed by atoms with Gasteiger partial charge in [0.2, 0.25) is 0 Å². The minimum absolute atomic E-state index is 0.0666. The second kappa shape index (κ2) is 8.49. The van der Waals surface area contributed by atoms with Crippen LogP contribution in [0.15, 0.2) is 45.9 Å². The van der Waals surface area contributed by atoms with Crippen LogP contribution in [0.2, 0.25) is 0 Å². The van der Waals surface area contributed by atoms with E-state index in [1.807, 2.05) is 28.8 Å². The van der Waals surface area contributed by atoms with Crippen molar-refractivity contribution < 1.29 is 4.74 Å². The van der Waals surface area contributed by atoms with Crippen LogP contribution in [0.1, 0.15) is 32.1 Å². The maximum atomic E-state index is 12.9. The summed E-state index contributed by atoms with van der Waals surface area (Å²) in [6.45, 7) is 1.36. The molecule has 3 rings (SSSR count). The van der Waals surface area contributed by atoms with Crippen molar-refractivity contribution in [1.29, 1.82) is 0 Å². The van der Waals surface area contributed by atoms with Gasteiger partial charge in [-0.15, -0.1) is 0 Å². The largest absolute Gasteiger partial charge is 0.384 e. The van der Waals surface area contributed by atoms with Crippen LogP contribution in [0, 0.1) is 0 Å². The van der Waals surface area contributed by atoms with Crippen molar-refractivity contribution in [1.82, 2.24) is 9.55 Å². The first-order chi connectivity index (χ1) is 11.8. The Kier molecular flexibility index (Phi) is 6.10. The minimum Gasteiger partial charge on any atom is -0.384 e. The van der Waals surface area contributed by atoms with Crippen LogP contribution >= 0.6 is 11.8 Å². The van der Waals surface area contributed by atoms with E-state index >= 15 is 0 Å². The van der Waals surface area contributed by atoms with Gasteiger partial charge in [-0.2, -0.15) is 0 Å². The number of benzene rings is 1. The molecule has 1 aliphatic carbocycles. The van der Waals surface area contributed by atoms with E-state index in [9.17, 15) is 4.79 Å². The SMILES string of the molecule is COCCSc1nc2ccccc2c(=O)n1CCC1=CCCCC1. The van der Waals surface area contributed by atoms with Crippen molar-refractivity contribution in [3.8, 4) is 0 Å². The summed E-state index contributed by atoms with van der Waals surface area (Å²) in [6, 6.07) is 7.60. The van der Waals surface area contributed by atoms with Gasteiger partial charge in [-0.05, 0) is 44.2 Å². The Morgan fingerprint density at radius 1 is 1.29 bits per heavy atom. The Balaban J connectivity index is 1.89. The Morgan fingerprint density at radius 3 is 2.96 bits per heavy atom. The highest BCUT2D eigenvalue weighted by atomic mass is 32.2. The fourth-order valence-electron chi connectivity index (χ4n) is 3.06. The number of hydrogen-bond donors (Lipinski definition) is 0. The summed E-state index contributed by atoms with van der Waals surface area (Å²) in [5, 5.41) is 1.50. The van der Waals surface area contributed by atoms with Crippen LogP contribution in [0.5, 0.6) is 0 Å². The zero-order valence-corrected chi connectivity index (χ0v) is 15.0. The molecule has 1 aromatic heterocycles. The smallest absolute Gasteiger partial charge is 0.262 e. The lowest BCUT2D eigenvalue weighted by Crippen LogP contribution is -2.24. The molecule has 0 unspecified atom stereocenters. The average Bonchev–Trinajstić information content (AvgIpc) is 2.62. The molecule has 0 aliphatic heterocycles. The van der Waals surface area contributed by atoms with Gasteiger partial charge in [0.25, 0.3) is 5.56 Å². The standard InChI is InChI=1S/C19H24N2O2S/c1-23-13-14-24-19-20-17-10-6-5-9-16(17)18(22)21(19)12-11-15-7-3-2-4-8-15/h5-7,9-10H,2-4,8,11-14H2,1H3. The van der Waals surface area contributed by atoms with Crippen molar-refractivity contribution in [2.24, 2.45) is 0 Å². The summed E-state index contributed by atoms with van der Waals surface area (Å²) in [6.07, 6.45) is 8.20. The Bertz CT molecular complexity index is 783. The maximum absolute atomic E-state index is 12.9. The van der Waals surface area contributed by atoms with Gasteiger partial charge < -0.3 is 4.74 Å². The molecular weight excluding hydrogens is 320 g/mol. The van der Waals surface area contributed by atoms with E-state index in [4.69, 9.17) is 9.72 Å². The van der Waals surface area contributed by atoms with Gasteiger partial charge in [0.15, 0.2) is 5.16 Å². The third-order valence-corrected chi connectivity index (χ3v) is 5.33. The quantitative estimate of drug-likeness (QED) is 0.329. The highest BCUT2D eigenvalue weighted by molar-refractivity contribution is 7.99. The average molecular weight is 344 g/mol. The fourth-order valence-corrected chi connectivity index (χ4v) is 3.98. The van der Waals surface area contributed by atoms with E-state index in [1.54, 1.807) is 18.9 Å². The topological polar surface area (TPSA) is 44.1 Å². The number of rotatable bonds is 7. The molecule has 0 saturated heterocycles. The molecular formula is C19H24N2O2S. The molecule has 4 nitrogen and oxygen atoms in total. The normalized spacial score (nSPS) is 14.8. The van der Waals surface area contributed by atoms with Gasteiger partial charge in [-0.3, -0.25) is 9.36 Å². The summed E-state index contributed by atoms with van der Waals surface area (Å²) in [7, 11) is 1.69. The second-order valence-corrected chi connectivity index (χ2v) is 7.13. The van der Waals surface area contributed by atoms with E-state index in [2.05, 4.69) is 6.08 Å². The van der Waals surface area contributed by atoms with Gasteiger partial charge >= 0.3 is 0 Å². The van der Waals surface area contributed by atoms with E-state index in [1.165, 1.54) is 31.3 Å². The molecule has 1 heterocycles. The van der Waals surface area contributed by atoms with Crippen LogP contribution in [-0.4, -0.2) is 29.0 Å². The highest BCUT2D eigenvalue weighted by Gasteiger charge is 2.12. The molecule has 0 fully saturated rings. The molecule has 1 aromatic carbocycles. The second-order valence-electron chi connectivity index (χ2n) is 6.07. The van der Waals surface area contributed by atoms with E-state index < -0.39 is 0 Å². The predicted molar refractivity (Wildman–Crippen MR) is 99.8 cm³/mol. The monoisotopic (exact) mass is 344 g/mol. The van der Waals surface area contributed by atoms with Crippen molar-refractivity contribution in [3.05, 3.63) is 46.3 Å². The molecule has 0 amide bonds. The van der Waals surface area contributed by atoms with E-state index in [0.29, 0.717) is 18.5 Å². The van der Waals surface area contributed by atoms with Crippen molar-refractivity contribution in [3.63, 3.8) is 0 Å². The van der Waals surface area contributed by atoms with E-state index in [-0.39, 0.29) is 5.56 Å². The van der Waals surface area contributed by atoms with E-state index in [0.717, 1.165) is 22.8 Å². The lowest BCUT2D eigenvalue weighted by atomic mass is 9.97. The molecule has 2 aromatic rings. The van der Waals surface area contributed by atoms with Crippen LogP contribution in [0.25, 0.3) is 10.9 Å². The molecule has 0 radical (unpaired) electrons. The molecule has 5 heteroatoms. The Hall–Kier alpha value is -1.59. The van der Waals surface area contributed by atoms with Crippen molar-refractivity contribution >= 4 is 22.7 Å². The molecule has 0 atom stereocenters. The first-order valence-corrected chi connectivity index (χ1v) is 9.57. The molecule has 128 valence electrons. The number of ether oxygens (including phenoxy) is 1. The maximum Gasteiger partial charge on any atom is 0.262 e. The van der Waals surface area contributed by atoms with Crippen LogP contribution in [-0.2, 0) is 11.3 Å². The summed E-state index contributed by atoms with van der Waals surface area (Å²) >= 11 is 1.59. The third kappa shape index (κ3) is 4.08. The summed E-state index contributed by atoms with van der Waals surface area (Å²) in [4.78, 5) is 17.6. The van der Waals surface area contributed by atoms with Crippen LogP contribution in [0.3, 0.4) is 0 Å². The number of aromatic nitrogens is 2. The predicted octanol–water partition coefficient (Wildman–Crippen LogP) is 4.03. The summed E-state index contributed by atoms with van der Waals surface area (Å²) in [5.41, 5.74) is 2.32. The first kappa shape index (κ1) is 17.2. The molecule has 0 saturated carbocycles. The van der Waals surface area contributed by atoms with Gasteiger partial charge in [-0.25, -0.2) is 4.98 Å². The molecule has 0 N–H and O–H groups in total. The molecule has 24 heavy (non-hydrogen) atoms. The van der Waals surface area contributed by atoms with Gasteiger partial charge in [0.1, 0.15) is 0 Å². The number of nitrogens with zero attached hydrogens (tertiary/aromatic N) is 2. The first-order valence-electron chi connectivity index (χ1n) is 8.59. The zero-order chi connectivity index (χ0) is 16.8. The lowest BCUT2D eigenvalue weighted by molar-refractivity contribution is 0.218. The van der Waals surface area contributed by atoms with Gasteiger partial charge in [0.05, 0.1) is 17.5 Å². The molecule has 0 bridgehead atoms. The number of allylic oxidation sites excluding steroid dienone is 2. The minimum atomic E-state index is 0.0666. The Labute approximate surface area is 146 Å². The zero-order valence-electron chi connectivity index (χ0n) is 14.2. The number of para-hydroxylation sites is 1. The Morgan fingerprint density at radius 2 is 2.17 bits per heavy atom. The van der Waals surface area contributed by atoms with Gasteiger partial charge in [-0.1, -0.05) is 35.5 Å². The van der Waals surface area contributed by atoms with Crippen LogP contribution < -0.4 is 5.56 Å². The molecule has 1 aliphatic rings. The van der Waals surface area contributed by atoms with Gasteiger partial charge in [0, 0.05) is 19.4 Å². The number of fused-ring (bicyclic) bond motifs is 1. The molecule has 0 spiro atoms.